The first-order valence-electron chi connectivity index (χ1n) is 10.5. The van der Waals surface area contributed by atoms with Gasteiger partial charge in [0.25, 0.3) is 0 Å². The molecular formula is C22H35N5. The first kappa shape index (κ1) is 19.7. The fourth-order valence-electron chi connectivity index (χ4n) is 3.79. The molecule has 0 atom stereocenters. The molecule has 148 valence electrons. The van der Waals surface area contributed by atoms with E-state index in [0.29, 0.717) is 6.04 Å². The van der Waals surface area contributed by atoms with Crippen molar-refractivity contribution in [3.63, 3.8) is 0 Å². The lowest BCUT2D eigenvalue weighted by molar-refractivity contribution is 0.256. The molecule has 3 rings (SSSR count). The van der Waals surface area contributed by atoms with Crippen LogP contribution >= 0.6 is 0 Å². The van der Waals surface area contributed by atoms with Crippen LogP contribution in [-0.2, 0) is 0 Å². The van der Waals surface area contributed by atoms with Crippen molar-refractivity contribution >= 4 is 11.6 Å². The SMILES string of the molecule is CCNC(=NCCCN1CCN(c2cccc(C)c2)CC1)NC1CC=CC1. The van der Waals surface area contributed by atoms with E-state index in [0.717, 1.165) is 71.0 Å². The lowest BCUT2D eigenvalue weighted by Crippen LogP contribution is -2.46. The number of aryl methyl sites for hydroxylation is 1. The third kappa shape index (κ3) is 6.28. The van der Waals surface area contributed by atoms with Gasteiger partial charge in [0.1, 0.15) is 0 Å². The van der Waals surface area contributed by atoms with E-state index in [-0.39, 0.29) is 0 Å². The maximum Gasteiger partial charge on any atom is 0.191 e. The van der Waals surface area contributed by atoms with Gasteiger partial charge in [0, 0.05) is 57.5 Å². The summed E-state index contributed by atoms with van der Waals surface area (Å²) < 4.78 is 0. The molecule has 1 saturated heterocycles. The van der Waals surface area contributed by atoms with E-state index in [1.165, 1.54) is 11.3 Å². The van der Waals surface area contributed by atoms with Crippen LogP contribution < -0.4 is 15.5 Å². The molecule has 0 amide bonds. The average Bonchev–Trinajstić information content (AvgIpc) is 3.19. The zero-order valence-corrected chi connectivity index (χ0v) is 17.0. The van der Waals surface area contributed by atoms with Gasteiger partial charge in [-0.3, -0.25) is 9.89 Å². The molecule has 5 nitrogen and oxygen atoms in total. The predicted octanol–water partition coefficient (Wildman–Crippen LogP) is 2.78. The molecule has 0 bridgehead atoms. The summed E-state index contributed by atoms with van der Waals surface area (Å²) in [7, 11) is 0. The Morgan fingerprint density at radius 2 is 1.93 bits per heavy atom. The number of nitrogens with zero attached hydrogens (tertiary/aromatic N) is 3. The van der Waals surface area contributed by atoms with Gasteiger partial charge in [-0.05, 0) is 50.8 Å². The van der Waals surface area contributed by atoms with Crippen molar-refractivity contribution in [2.75, 3.05) is 50.7 Å². The standard InChI is InChI=1S/C22H35N5/c1-3-23-22(25-20-9-4-5-10-20)24-12-7-13-26-14-16-27(17-15-26)21-11-6-8-19(2)18-21/h4-6,8,11,18,20H,3,7,9-10,12-17H2,1-2H3,(H2,23,24,25). The predicted molar refractivity (Wildman–Crippen MR) is 116 cm³/mol. The zero-order chi connectivity index (χ0) is 18.9. The Kier molecular flexibility index (Phi) is 7.57. The molecule has 1 fully saturated rings. The quantitative estimate of drug-likeness (QED) is 0.336. The molecule has 0 aromatic heterocycles. The van der Waals surface area contributed by atoms with Crippen LogP contribution in [0.25, 0.3) is 0 Å². The Morgan fingerprint density at radius 3 is 2.63 bits per heavy atom. The summed E-state index contributed by atoms with van der Waals surface area (Å²) in [5.74, 6) is 0.968. The van der Waals surface area contributed by atoms with E-state index < -0.39 is 0 Å². The van der Waals surface area contributed by atoms with Crippen molar-refractivity contribution in [2.24, 2.45) is 4.99 Å². The Morgan fingerprint density at radius 1 is 1.15 bits per heavy atom. The summed E-state index contributed by atoms with van der Waals surface area (Å²) in [6.07, 6.45) is 7.82. The topological polar surface area (TPSA) is 42.9 Å². The molecular weight excluding hydrogens is 334 g/mol. The number of piperazine rings is 1. The second kappa shape index (κ2) is 10.4. The summed E-state index contributed by atoms with van der Waals surface area (Å²) in [5, 5.41) is 6.91. The highest BCUT2D eigenvalue weighted by Gasteiger charge is 2.17. The maximum absolute atomic E-state index is 4.76. The fourth-order valence-corrected chi connectivity index (χ4v) is 3.79. The van der Waals surface area contributed by atoms with Gasteiger partial charge in [0.05, 0.1) is 0 Å². The molecule has 1 aliphatic carbocycles. The van der Waals surface area contributed by atoms with Crippen molar-refractivity contribution in [1.82, 2.24) is 15.5 Å². The molecule has 5 heteroatoms. The highest BCUT2D eigenvalue weighted by atomic mass is 15.3. The third-order valence-electron chi connectivity index (χ3n) is 5.33. The van der Waals surface area contributed by atoms with E-state index in [1.54, 1.807) is 0 Å². The normalized spacial score (nSPS) is 18.9. The number of hydrogen-bond acceptors (Lipinski definition) is 3. The van der Waals surface area contributed by atoms with Crippen molar-refractivity contribution < 1.29 is 0 Å². The first-order valence-corrected chi connectivity index (χ1v) is 10.5. The molecule has 1 aromatic rings. The van der Waals surface area contributed by atoms with Crippen LogP contribution in [0.4, 0.5) is 5.69 Å². The molecule has 0 saturated carbocycles. The number of hydrogen-bond donors (Lipinski definition) is 2. The number of benzene rings is 1. The van der Waals surface area contributed by atoms with E-state index in [2.05, 4.69) is 70.7 Å². The van der Waals surface area contributed by atoms with E-state index >= 15 is 0 Å². The van der Waals surface area contributed by atoms with Crippen LogP contribution in [0.2, 0.25) is 0 Å². The lowest BCUT2D eigenvalue weighted by atomic mass is 10.2. The Balaban J connectivity index is 1.36. The number of anilines is 1. The second-order valence-corrected chi connectivity index (χ2v) is 7.57. The van der Waals surface area contributed by atoms with Gasteiger partial charge in [0.15, 0.2) is 5.96 Å². The molecule has 2 aliphatic rings. The summed E-state index contributed by atoms with van der Waals surface area (Å²) in [6.45, 7) is 11.7. The molecule has 1 heterocycles. The van der Waals surface area contributed by atoms with Crippen LogP contribution in [0.5, 0.6) is 0 Å². The lowest BCUT2D eigenvalue weighted by Gasteiger charge is -2.36. The molecule has 1 aromatic carbocycles. The van der Waals surface area contributed by atoms with E-state index in [4.69, 9.17) is 4.99 Å². The summed E-state index contributed by atoms with van der Waals surface area (Å²) in [6, 6.07) is 9.36. The van der Waals surface area contributed by atoms with Gasteiger partial charge in [-0.1, -0.05) is 24.3 Å². The smallest absolute Gasteiger partial charge is 0.191 e. The third-order valence-corrected chi connectivity index (χ3v) is 5.33. The number of nitrogens with one attached hydrogen (secondary N) is 2. The van der Waals surface area contributed by atoms with Crippen LogP contribution in [0.1, 0.15) is 31.7 Å². The maximum atomic E-state index is 4.76. The van der Waals surface area contributed by atoms with Gasteiger partial charge in [0.2, 0.25) is 0 Å². The number of aliphatic imine (C=N–C) groups is 1. The minimum atomic E-state index is 0.512. The minimum Gasteiger partial charge on any atom is -0.369 e. The molecule has 27 heavy (non-hydrogen) atoms. The number of guanidine groups is 1. The van der Waals surface area contributed by atoms with Crippen molar-refractivity contribution in [3.8, 4) is 0 Å². The highest BCUT2D eigenvalue weighted by molar-refractivity contribution is 5.80. The largest absolute Gasteiger partial charge is 0.369 e. The van der Waals surface area contributed by atoms with Gasteiger partial charge in [-0.2, -0.15) is 0 Å². The van der Waals surface area contributed by atoms with E-state index in [9.17, 15) is 0 Å². The Labute approximate surface area is 164 Å². The van der Waals surface area contributed by atoms with Gasteiger partial charge >= 0.3 is 0 Å². The zero-order valence-electron chi connectivity index (χ0n) is 17.0. The first-order chi connectivity index (χ1) is 13.2. The highest BCUT2D eigenvalue weighted by Crippen LogP contribution is 2.17. The monoisotopic (exact) mass is 369 g/mol. The second-order valence-electron chi connectivity index (χ2n) is 7.57. The molecule has 0 unspecified atom stereocenters. The summed E-state index contributed by atoms with van der Waals surface area (Å²) >= 11 is 0. The van der Waals surface area contributed by atoms with Gasteiger partial charge < -0.3 is 15.5 Å². The van der Waals surface area contributed by atoms with E-state index in [1.807, 2.05) is 0 Å². The Bertz CT molecular complexity index is 623. The molecule has 0 radical (unpaired) electrons. The van der Waals surface area contributed by atoms with Crippen LogP contribution in [0.3, 0.4) is 0 Å². The summed E-state index contributed by atoms with van der Waals surface area (Å²) in [4.78, 5) is 9.84. The number of rotatable bonds is 7. The van der Waals surface area contributed by atoms with Crippen molar-refractivity contribution in [3.05, 3.63) is 42.0 Å². The van der Waals surface area contributed by atoms with Gasteiger partial charge in [-0.25, -0.2) is 0 Å². The fraction of sp³-hybridized carbons (Fsp3) is 0.591. The molecule has 0 spiro atoms. The molecule has 2 N–H and O–H groups in total. The van der Waals surface area contributed by atoms with Crippen LogP contribution in [0, 0.1) is 6.92 Å². The van der Waals surface area contributed by atoms with Crippen LogP contribution in [0.15, 0.2) is 41.4 Å². The van der Waals surface area contributed by atoms with Gasteiger partial charge in [-0.15, -0.1) is 0 Å². The molecule has 1 aliphatic heterocycles. The minimum absolute atomic E-state index is 0.512. The Hall–Kier alpha value is -2.01. The summed E-state index contributed by atoms with van der Waals surface area (Å²) in [5.41, 5.74) is 2.70. The van der Waals surface area contributed by atoms with Crippen molar-refractivity contribution in [1.29, 1.82) is 0 Å². The average molecular weight is 370 g/mol. The van der Waals surface area contributed by atoms with Crippen LogP contribution in [-0.4, -0.2) is 62.7 Å². The van der Waals surface area contributed by atoms with Crippen molar-refractivity contribution in [2.45, 2.75) is 39.2 Å².